The second-order valence-electron chi connectivity index (χ2n) is 7.64. The van der Waals surface area contributed by atoms with E-state index in [4.69, 9.17) is 11.6 Å². The quantitative estimate of drug-likeness (QED) is 0.431. The molecule has 12 heteroatoms. The molecule has 0 fully saturated rings. The van der Waals surface area contributed by atoms with E-state index in [1.54, 1.807) is 13.0 Å². The number of halogens is 6. The summed E-state index contributed by atoms with van der Waals surface area (Å²) in [7, 11) is 0. The van der Waals surface area contributed by atoms with Crippen LogP contribution in [0.25, 0.3) is 0 Å². The van der Waals surface area contributed by atoms with Gasteiger partial charge < -0.3 is 9.88 Å². The second-order valence-corrected chi connectivity index (χ2v) is 8.04. The Labute approximate surface area is 201 Å². The Hall–Kier alpha value is -3.78. The molecule has 1 amide bonds. The standard InChI is InChI=1S/C23H16ClF5N4O2/c1-11(34)10-33-19(9-30)31-21(20(33)12(2)17-8-15(25)3-4-18(17)24)32-22(35)13-5-14(23(27,28)29)7-16(26)6-13/h3-8,12H,10H2,1-2H3,(H,32,35)/t12-/m1/s1. The van der Waals surface area contributed by atoms with Gasteiger partial charge in [-0.2, -0.15) is 18.4 Å². The van der Waals surface area contributed by atoms with Crippen LogP contribution in [0.3, 0.4) is 0 Å². The number of rotatable bonds is 6. The summed E-state index contributed by atoms with van der Waals surface area (Å²) < 4.78 is 68.1. The summed E-state index contributed by atoms with van der Waals surface area (Å²) in [6.07, 6.45) is -4.90. The molecular weight excluding hydrogens is 495 g/mol. The molecule has 0 saturated carbocycles. The summed E-state index contributed by atoms with van der Waals surface area (Å²) in [6.45, 7) is 2.46. The van der Waals surface area contributed by atoms with E-state index in [9.17, 15) is 36.8 Å². The molecule has 0 radical (unpaired) electrons. The van der Waals surface area contributed by atoms with Gasteiger partial charge in [-0.15, -0.1) is 0 Å². The zero-order chi connectivity index (χ0) is 26.1. The third kappa shape index (κ3) is 5.66. The van der Waals surface area contributed by atoms with E-state index in [1.807, 2.05) is 0 Å². The maximum absolute atomic E-state index is 13.9. The largest absolute Gasteiger partial charge is 0.416 e. The highest BCUT2D eigenvalue weighted by atomic mass is 35.5. The number of carbonyl (C=O) groups excluding carboxylic acids is 2. The van der Waals surface area contributed by atoms with Gasteiger partial charge in [0.05, 0.1) is 17.8 Å². The molecule has 1 aromatic heterocycles. The van der Waals surface area contributed by atoms with Crippen LogP contribution in [-0.2, 0) is 17.5 Å². The summed E-state index contributed by atoms with van der Waals surface area (Å²) in [5.74, 6) is -4.84. The highest BCUT2D eigenvalue weighted by Gasteiger charge is 2.32. The van der Waals surface area contributed by atoms with Crippen molar-refractivity contribution in [2.45, 2.75) is 32.5 Å². The first-order chi connectivity index (χ1) is 16.3. The van der Waals surface area contributed by atoms with E-state index < -0.39 is 40.8 Å². The number of hydrogen-bond acceptors (Lipinski definition) is 4. The Morgan fingerprint density at radius 1 is 1.17 bits per heavy atom. The number of amides is 1. The molecule has 6 nitrogen and oxygen atoms in total. The van der Waals surface area contributed by atoms with Gasteiger partial charge in [-0.25, -0.2) is 13.8 Å². The summed E-state index contributed by atoms with van der Waals surface area (Å²) >= 11 is 6.21. The predicted octanol–water partition coefficient (Wildman–Crippen LogP) is 5.70. The zero-order valence-corrected chi connectivity index (χ0v) is 18.9. The van der Waals surface area contributed by atoms with Crippen molar-refractivity contribution in [3.63, 3.8) is 0 Å². The molecule has 0 spiro atoms. The molecule has 1 heterocycles. The SMILES string of the molecule is CC(=O)Cn1c(C#N)nc(NC(=O)c2cc(F)cc(C(F)(F)F)c2)c1[C@H](C)c1cc(F)ccc1Cl. The first-order valence-electron chi connectivity index (χ1n) is 9.95. The lowest BCUT2D eigenvalue weighted by atomic mass is 9.96. The fourth-order valence-electron chi connectivity index (χ4n) is 3.52. The minimum Gasteiger partial charge on any atom is -0.310 e. The number of hydrogen-bond donors (Lipinski definition) is 1. The van der Waals surface area contributed by atoms with Crippen molar-refractivity contribution < 1.29 is 31.5 Å². The van der Waals surface area contributed by atoms with Crippen LogP contribution in [0.15, 0.2) is 36.4 Å². The van der Waals surface area contributed by atoms with Crippen LogP contribution in [-0.4, -0.2) is 21.2 Å². The molecule has 0 aliphatic heterocycles. The van der Waals surface area contributed by atoms with Crippen molar-refractivity contribution in [3.05, 3.63) is 81.3 Å². The lowest BCUT2D eigenvalue weighted by Gasteiger charge is -2.18. The fourth-order valence-corrected chi connectivity index (χ4v) is 3.80. The van der Waals surface area contributed by atoms with Crippen molar-refractivity contribution in [1.82, 2.24) is 9.55 Å². The average molecular weight is 511 g/mol. The lowest BCUT2D eigenvalue weighted by molar-refractivity contribution is -0.137. The van der Waals surface area contributed by atoms with Crippen molar-refractivity contribution in [2.75, 3.05) is 5.32 Å². The summed E-state index contributed by atoms with van der Waals surface area (Å²) in [6, 6.07) is 6.63. The van der Waals surface area contributed by atoms with Crippen LogP contribution in [0.1, 0.15) is 52.8 Å². The second kappa shape index (κ2) is 9.84. The van der Waals surface area contributed by atoms with Gasteiger partial charge in [-0.1, -0.05) is 18.5 Å². The van der Waals surface area contributed by atoms with Crippen LogP contribution in [0.2, 0.25) is 5.02 Å². The first-order valence-corrected chi connectivity index (χ1v) is 10.3. The van der Waals surface area contributed by atoms with Crippen LogP contribution < -0.4 is 5.32 Å². The third-order valence-corrected chi connectivity index (χ3v) is 5.39. The summed E-state index contributed by atoms with van der Waals surface area (Å²) in [5.41, 5.74) is -1.71. The molecule has 1 N–H and O–H groups in total. The molecule has 3 aromatic rings. The molecule has 35 heavy (non-hydrogen) atoms. The Bertz CT molecular complexity index is 1360. The monoisotopic (exact) mass is 510 g/mol. The molecule has 2 aromatic carbocycles. The van der Waals surface area contributed by atoms with Gasteiger partial charge in [0.2, 0.25) is 5.82 Å². The Balaban J connectivity index is 2.14. The minimum atomic E-state index is -4.90. The molecule has 0 aliphatic carbocycles. The van der Waals surface area contributed by atoms with Crippen molar-refractivity contribution in [2.24, 2.45) is 0 Å². The maximum atomic E-state index is 13.9. The van der Waals surface area contributed by atoms with Gasteiger partial charge in [0.1, 0.15) is 23.5 Å². The third-order valence-electron chi connectivity index (χ3n) is 5.04. The molecule has 0 aliphatic rings. The molecular formula is C23H16ClF5N4O2. The Kier molecular flexibility index (Phi) is 7.26. The number of ketones is 1. The van der Waals surface area contributed by atoms with Crippen LogP contribution in [0.5, 0.6) is 0 Å². The highest BCUT2D eigenvalue weighted by molar-refractivity contribution is 6.31. The van der Waals surface area contributed by atoms with E-state index in [0.717, 1.165) is 12.1 Å². The van der Waals surface area contributed by atoms with E-state index in [2.05, 4.69) is 10.3 Å². The van der Waals surface area contributed by atoms with Gasteiger partial charge in [0.15, 0.2) is 5.82 Å². The number of carbonyl (C=O) groups is 2. The molecule has 0 unspecified atom stereocenters. The highest BCUT2D eigenvalue weighted by Crippen LogP contribution is 2.36. The maximum Gasteiger partial charge on any atom is 0.416 e. The number of aromatic nitrogens is 2. The van der Waals surface area contributed by atoms with Gasteiger partial charge in [0.25, 0.3) is 5.91 Å². The van der Waals surface area contributed by atoms with E-state index in [-0.39, 0.29) is 46.3 Å². The van der Waals surface area contributed by atoms with Crippen molar-refractivity contribution in [3.8, 4) is 6.07 Å². The van der Waals surface area contributed by atoms with Crippen LogP contribution >= 0.6 is 11.6 Å². The number of nitriles is 1. The number of imidazole rings is 1. The number of benzene rings is 2. The Morgan fingerprint density at radius 3 is 2.46 bits per heavy atom. The fraction of sp³-hybridized carbons (Fsp3) is 0.217. The number of nitrogens with one attached hydrogen (secondary N) is 1. The lowest BCUT2D eigenvalue weighted by Crippen LogP contribution is -2.18. The predicted molar refractivity (Wildman–Crippen MR) is 116 cm³/mol. The number of nitrogens with zero attached hydrogens (tertiary/aromatic N) is 3. The molecule has 0 bridgehead atoms. The molecule has 1 atom stereocenters. The number of anilines is 1. The minimum absolute atomic E-state index is 0.0741. The summed E-state index contributed by atoms with van der Waals surface area (Å²) in [5, 5.41) is 11.9. The average Bonchev–Trinajstić information content (AvgIpc) is 3.09. The normalized spacial score (nSPS) is 12.2. The number of Topliss-reactive ketones (excluding diaryl/α,β-unsaturated/α-hetero) is 1. The molecule has 3 rings (SSSR count). The zero-order valence-electron chi connectivity index (χ0n) is 18.2. The molecule has 0 saturated heterocycles. The van der Waals surface area contributed by atoms with E-state index in [1.165, 1.54) is 17.6 Å². The van der Waals surface area contributed by atoms with Crippen molar-refractivity contribution in [1.29, 1.82) is 5.26 Å². The Morgan fingerprint density at radius 2 is 1.86 bits per heavy atom. The first kappa shape index (κ1) is 25.8. The van der Waals surface area contributed by atoms with Gasteiger partial charge in [-0.3, -0.25) is 9.59 Å². The van der Waals surface area contributed by atoms with Gasteiger partial charge in [0, 0.05) is 16.5 Å². The topological polar surface area (TPSA) is 87.8 Å². The number of alkyl halides is 3. The van der Waals surface area contributed by atoms with Crippen molar-refractivity contribution >= 4 is 29.1 Å². The van der Waals surface area contributed by atoms with Gasteiger partial charge >= 0.3 is 6.18 Å². The van der Waals surface area contributed by atoms with Crippen LogP contribution in [0, 0.1) is 23.0 Å². The smallest absolute Gasteiger partial charge is 0.310 e. The summed E-state index contributed by atoms with van der Waals surface area (Å²) in [4.78, 5) is 28.6. The van der Waals surface area contributed by atoms with Gasteiger partial charge in [-0.05, 0) is 48.9 Å². The van der Waals surface area contributed by atoms with Crippen LogP contribution in [0.4, 0.5) is 27.8 Å². The van der Waals surface area contributed by atoms with E-state index >= 15 is 0 Å². The van der Waals surface area contributed by atoms with E-state index in [0.29, 0.717) is 12.1 Å². The molecule has 182 valence electrons.